The zero-order valence-corrected chi connectivity index (χ0v) is 18.7. The Bertz CT molecular complexity index is 629. The van der Waals surface area contributed by atoms with Crippen molar-refractivity contribution in [3.05, 3.63) is 35.6 Å². The van der Waals surface area contributed by atoms with Gasteiger partial charge in [0.1, 0.15) is 11.7 Å². The molecule has 6 nitrogen and oxygen atoms in total. The smallest absolute Gasteiger partial charge is 0.332 e. The molecule has 1 unspecified atom stereocenters. The Morgan fingerprint density at radius 1 is 1.04 bits per heavy atom. The van der Waals surface area contributed by atoms with Crippen molar-refractivity contribution in [2.24, 2.45) is 10.8 Å². The quantitative estimate of drug-likeness (QED) is 0.615. The minimum Gasteiger partial charge on any atom is -0.332 e. The topological polar surface area (TPSA) is 58.2 Å². The molecular weight excluding hydrogens is 403 g/mol. The van der Waals surface area contributed by atoms with Crippen molar-refractivity contribution in [2.45, 2.75) is 40.1 Å². The lowest BCUT2D eigenvalue weighted by Gasteiger charge is -2.39. The van der Waals surface area contributed by atoms with Crippen LogP contribution >= 0.6 is 17.0 Å². The van der Waals surface area contributed by atoms with Crippen LogP contribution in [0.25, 0.3) is 0 Å². The van der Waals surface area contributed by atoms with Crippen LogP contribution in [0.4, 0.5) is 4.39 Å². The van der Waals surface area contributed by atoms with E-state index >= 15 is 0 Å². The summed E-state index contributed by atoms with van der Waals surface area (Å²) in [5.74, 6) is -0.570. The van der Waals surface area contributed by atoms with Crippen LogP contribution in [0.2, 0.25) is 0 Å². The van der Waals surface area contributed by atoms with Crippen LogP contribution in [0.1, 0.15) is 33.3 Å². The van der Waals surface area contributed by atoms with E-state index in [2.05, 4.69) is 33.0 Å². The molecule has 2 heterocycles. The van der Waals surface area contributed by atoms with Crippen LogP contribution in [-0.4, -0.2) is 38.8 Å². The number of hydrogen-bond acceptors (Lipinski definition) is 6. The van der Waals surface area contributed by atoms with E-state index < -0.39 is 17.0 Å². The van der Waals surface area contributed by atoms with Gasteiger partial charge in [-0.2, -0.15) is 0 Å². The van der Waals surface area contributed by atoms with Gasteiger partial charge in [-0.1, -0.05) is 39.8 Å². The van der Waals surface area contributed by atoms with E-state index in [1.807, 2.05) is 6.07 Å². The van der Waals surface area contributed by atoms with Crippen molar-refractivity contribution in [1.82, 2.24) is 5.32 Å². The Morgan fingerprint density at radius 3 is 2.25 bits per heavy atom. The average molecular weight is 433 g/mol. The summed E-state index contributed by atoms with van der Waals surface area (Å²) in [7, 11) is -2.67. The summed E-state index contributed by atoms with van der Waals surface area (Å²) in [6.45, 7) is 11.9. The van der Waals surface area contributed by atoms with Gasteiger partial charge in [0, 0.05) is 23.9 Å². The lowest BCUT2D eigenvalue weighted by atomic mass is 9.97. The van der Waals surface area contributed by atoms with Gasteiger partial charge in [-0.15, -0.1) is 0 Å². The number of hydrogen-bond donors (Lipinski definition) is 1. The van der Waals surface area contributed by atoms with Crippen LogP contribution < -0.4 is 5.32 Å². The SMILES string of the molecule is CC1(C)COP(OC(CNCc2cccc(F)c2)P2OCC(C)(C)CO2)OC1. The highest BCUT2D eigenvalue weighted by atomic mass is 31.2. The Balaban J connectivity index is 1.56. The third-order valence-electron chi connectivity index (χ3n) is 4.27. The first-order valence-electron chi connectivity index (χ1n) is 9.45. The first kappa shape index (κ1) is 22.5. The van der Waals surface area contributed by atoms with Crippen LogP contribution in [0.3, 0.4) is 0 Å². The fourth-order valence-electron chi connectivity index (χ4n) is 2.55. The van der Waals surface area contributed by atoms with Gasteiger partial charge in [-0.3, -0.25) is 4.52 Å². The molecule has 0 amide bonds. The summed E-state index contributed by atoms with van der Waals surface area (Å²) in [5, 5.41) is 3.32. The maximum atomic E-state index is 13.4. The number of halogens is 1. The molecule has 0 aliphatic carbocycles. The van der Waals surface area contributed by atoms with E-state index in [0.29, 0.717) is 39.5 Å². The van der Waals surface area contributed by atoms with E-state index in [0.717, 1.165) is 5.56 Å². The van der Waals surface area contributed by atoms with E-state index in [9.17, 15) is 4.39 Å². The molecule has 0 bridgehead atoms. The summed E-state index contributed by atoms with van der Waals surface area (Å²) in [4.78, 5) is 0. The summed E-state index contributed by atoms with van der Waals surface area (Å²) in [6, 6.07) is 6.54. The van der Waals surface area contributed by atoms with E-state index in [4.69, 9.17) is 22.6 Å². The highest BCUT2D eigenvalue weighted by molar-refractivity contribution is 7.49. The van der Waals surface area contributed by atoms with Crippen molar-refractivity contribution in [2.75, 3.05) is 33.0 Å². The Hall–Kier alpha value is -0.230. The van der Waals surface area contributed by atoms with Crippen molar-refractivity contribution in [3.8, 4) is 0 Å². The Labute approximate surface area is 169 Å². The molecule has 1 N–H and O–H groups in total. The molecule has 9 heteroatoms. The lowest BCUT2D eigenvalue weighted by Crippen LogP contribution is -2.35. The number of nitrogens with one attached hydrogen (secondary N) is 1. The van der Waals surface area contributed by atoms with Gasteiger partial charge < -0.3 is 23.4 Å². The monoisotopic (exact) mass is 433 g/mol. The van der Waals surface area contributed by atoms with Crippen molar-refractivity contribution < 1.29 is 27.0 Å². The average Bonchev–Trinajstić information content (AvgIpc) is 2.63. The molecule has 28 heavy (non-hydrogen) atoms. The summed E-state index contributed by atoms with van der Waals surface area (Å²) in [5.41, 5.74) is 0.849. The third-order valence-corrected chi connectivity index (χ3v) is 7.06. The second kappa shape index (κ2) is 9.72. The maximum absolute atomic E-state index is 13.4. The zero-order valence-electron chi connectivity index (χ0n) is 16.9. The van der Waals surface area contributed by atoms with Crippen LogP contribution in [0, 0.1) is 16.6 Å². The molecule has 0 spiro atoms. The van der Waals surface area contributed by atoms with Crippen molar-refractivity contribution >= 4 is 17.0 Å². The highest BCUT2D eigenvalue weighted by Crippen LogP contribution is 2.56. The highest BCUT2D eigenvalue weighted by Gasteiger charge is 2.38. The molecule has 2 fully saturated rings. The molecule has 0 aromatic heterocycles. The number of benzene rings is 1. The first-order chi connectivity index (χ1) is 13.2. The van der Waals surface area contributed by atoms with E-state index in [1.165, 1.54) is 12.1 Å². The van der Waals surface area contributed by atoms with Crippen molar-refractivity contribution in [3.63, 3.8) is 0 Å². The normalized spacial score (nSPS) is 24.2. The van der Waals surface area contributed by atoms with E-state index in [-0.39, 0.29) is 22.5 Å². The summed E-state index contributed by atoms with van der Waals surface area (Å²) >= 11 is 0. The van der Waals surface area contributed by atoms with Gasteiger partial charge >= 0.3 is 8.60 Å². The van der Waals surface area contributed by atoms with Crippen LogP contribution in [0.5, 0.6) is 0 Å². The van der Waals surface area contributed by atoms with Crippen LogP contribution in [0.15, 0.2) is 24.3 Å². The largest absolute Gasteiger partial charge is 0.333 e. The number of rotatable bonds is 7. The molecule has 3 rings (SSSR count). The predicted molar refractivity (Wildman–Crippen MR) is 108 cm³/mol. The molecule has 0 saturated carbocycles. The molecular formula is C19H30FNO5P2. The van der Waals surface area contributed by atoms with Crippen LogP contribution in [-0.2, 0) is 29.2 Å². The standard InChI is InChI=1S/C19H30FNO5P2/c1-18(2)11-22-27(23-12-18)17(26-28-24-13-19(3,4)14-25-28)10-21-9-15-6-5-7-16(20)8-15/h5-8,17,21H,9-14H2,1-4H3. The van der Waals surface area contributed by atoms with Gasteiger partial charge in [0.15, 0.2) is 0 Å². The van der Waals surface area contributed by atoms with E-state index in [1.54, 1.807) is 6.07 Å². The summed E-state index contributed by atoms with van der Waals surface area (Å²) in [6.07, 6.45) is 0. The fourth-order valence-corrected chi connectivity index (χ4v) is 6.11. The zero-order chi connectivity index (χ0) is 20.2. The van der Waals surface area contributed by atoms with Gasteiger partial charge in [0.25, 0.3) is 0 Å². The molecule has 1 aromatic rings. The molecule has 1 aromatic carbocycles. The Kier molecular flexibility index (Phi) is 7.79. The second-order valence-electron chi connectivity index (χ2n) is 8.75. The van der Waals surface area contributed by atoms with Gasteiger partial charge in [0.2, 0.25) is 8.38 Å². The summed E-state index contributed by atoms with van der Waals surface area (Å²) < 4.78 is 43.0. The predicted octanol–water partition coefficient (Wildman–Crippen LogP) is 4.94. The molecule has 2 saturated heterocycles. The maximum Gasteiger partial charge on any atom is 0.333 e. The molecule has 1 atom stereocenters. The minimum absolute atomic E-state index is 0.00836. The van der Waals surface area contributed by atoms with Crippen molar-refractivity contribution in [1.29, 1.82) is 0 Å². The first-order valence-corrected chi connectivity index (χ1v) is 11.8. The molecule has 0 radical (unpaired) electrons. The van der Waals surface area contributed by atoms with Gasteiger partial charge in [-0.05, 0) is 17.7 Å². The molecule has 158 valence electrons. The fraction of sp³-hybridized carbons (Fsp3) is 0.684. The second-order valence-corrected chi connectivity index (χ2v) is 11.6. The van der Waals surface area contributed by atoms with Gasteiger partial charge in [-0.25, -0.2) is 4.39 Å². The lowest BCUT2D eigenvalue weighted by molar-refractivity contribution is 0.0138. The third kappa shape index (κ3) is 6.93. The molecule has 2 aliphatic rings. The minimum atomic E-state index is -1.44. The Morgan fingerprint density at radius 2 is 1.64 bits per heavy atom. The molecule has 2 aliphatic heterocycles. The van der Waals surface area contributed by atoms with Gasteiger partial charge in [0.05, 0.1) is 26.4 Å².